The van der Waals surface area contributed by atoms with E-state index in [1.165, 1.54) is 36.8 Å². The van der Waals surface area contributed by atoms with Gasteiger partial charge in [0.05, 0.1) is 6.61 Å². The molecule has 0 radical (unpaired) electrons. The molecule has 0 atom stereocenters. The van der Waals surface area contributed by atoms with E-state index in [-0.39, 0.29) is 0 Å². The van der Waals surface area contributed by atoms with Gasteiger partial charge in [-0.05, 0) is 69.5 Å². The summed E-state index contributed by atoms with van der Waals surface area (Å²) in [6.45, 7) is 10.9. The van der Waals surface area contributed by atoms with E-state index < -0.39 is 0 Å². The maximum absolute atomic E-state index is 5.77. The molecule has 21 heavy (non-hydrogen) atoms. The van der Waals surface area contributed by atoms with Crippen molar-refractivity contribution in [3.63, 3.8) is 0 Å². The summed E-state index contributed by atoms with van der Waals surface area (Å²) in [5.74, 6) is 1.06. The Morgan fingerprint density at radius 2 is 2.00 bits per heavy atom. The fourth-order valence-corrected chi connectivity index (χ4v) is 2.70. The lowest BCUT2D eigenvalue weighted by Gasteiger charge is -2.25. The molecular weight excluding hydrogens is 258 g/mol. The minimum Gasteiger partial charge on any atom is -0.494 e. The molecule has 1 aliphatic carbocycles. The first-order chi connectivity index (χ1) is 10.00. The molecule has 0 spiro atoms. The van der Waals surface area contributed by atoms with Gasteiger partial charge in [-0.25, -0.2) is 0 Å². The van der Waals surface area contributed by atoms with Gasteiger partial charge in [0.1, 0.15) is 5.75 Å². The maximum Gasteiger partial charge on any atom is 0.122 e. The van der Waals surface area contributed by atoms with Gasteiger partial charge in [0.15, 0.2) is 0 Å². The largest absolute Gasteiger partial charge is 0.494 e. The van der Waals surface area contributed by atoms with E-state index in [0.29, 0.717) is 5.41 Å². The fraction of sp³-hybridized carbons (Fsp3) is 0.684. The van der Waals surface area contributed by atoms with Gasteiger partial charge in [0, 0.05) is 6.04 Å². The molecule has 1 fully saturated rings. The van der Waals surface area contributed by atoms with Crippen molar-refractivity contribution in [1.82, 2.24) is 5.32 Å². The Labute approximate surface area is 130 Å². The van der Waals surface area contributed by atoms with E-state index in [2.05, 4.69) is 51.2 Å². The van der Waals surface area contributed by atoms with Gasteiger partial charge in [-0.15, -0.1) is 0 Å². The van der Waals surface area contributed by atoms with Crippen LogP contribution < -0.4 is 10.1 Å². The Morgan fingerprint density at radius 1 is 1.24 bits per heavy atom. The first-order valence-corrected chi connectivity index (χ1v) is 8.46. The average molecular weight is 289 g/mol. The molecule has 0 amide bonds. The summed E-state index contributed by atoms with van der Waals surface area (Å²) >= 11 is 0. The second-order valence-electron chi connectivity index (χ2n) is 7.19. The summed E-state index contributed by atoms with van der Waals surface area (Å²) in [4.78, 5) is 0. The van der Waals surface area contributed by atoms with E-state index in [1.54, 1.807) is 0 Å². The Hall–Kier alpha value is -1.02. The third kappa shape index (κ3) is 5.70. The van der Waals surface area contributed by atoms with Crippen molar-refractivity contribution in [2.75, 3.05) is 13.2 Å². The highest BCUT2D eigenvalue weighted by molar-refractivity contribution is 5.37. The zero-order valence-corrected chi connectivity index (χ0v) is 14.2. The lowest BCUT2D eigenvalue weighted by molar-refractivity contribution is 0.296. The molecule has 1 N–H and O–H groups in total. The van der Waals surface area contributed by atoms with Gasteiger partial charge >= 0.3 is 0 Å². The lowest BCUT2D eigenvalue weighted by atomic mass is 9.83. The van der Waals surface area contributed by atoms with Crippen molar-refractivity contribution in [2.24, 2.45) is 5.41 Å². The molecule has 0 unspecified atom stereocenters. The number of rotatable bonds is 9. The van der Waals surface area contributed by atoms with Crippen molar-refractivity contribution >= 4 is 0 Å². The number of hydrogen-bond acceptors (Lipinski definition) is 2. The standard InChI is InChI=1S/C19H31NO/c1-5-21-18-9-6-15(2)14-16(18)10-11-19(3,4)12-13-20-17-7-8-17/h6,9,14,17,20H,5,7-8,10-13H2,1-4H3. The number of aryl methyl sites for hydroxylation is 2. The molecule has 1 aromatic rings. The van der Waals surface area contributed by atoms with Crippen LogP contribution in [-0.4, -0.2) is 19.2 Å². The maximum atomic E-state index is 5.77. The Kier molecular flexibility index (Phi) is 5.69. The molecule has 2 nitrogen and oxygen atoms in total. The highest BCUT2D eigenvalue weighted by Crippen LogP contribution is 2.30. The van der Waals surface area contributed by atoms with Crippen molar-refractivity contribution in [2.45, 2.75) is 65.8 Å². The Balaban J connectivity index is 1.86. The number of ether oxygens (including phenoxy) is 1. The molecule has 0 saturated heterocycles. The molecule has 1 aromatic carbocycles. The van der Waals surface area contributed by atoms with Gasteiger partial charge in [0.2, 0.25) is 0 Å². The quantitative estimate of drug-likeness (QED) is 0.723. The SMILES string of the molecule is CCOc1ccc(C)cc1CCC(C)(C)CCNC1CC1. The highest BCUT2D eigenvalue weighted by Gasteiger charge is 2.23. The van der Waals surface area contributed by atoms with Crippen molar-refractivity contribution in [1.29, 1.82) is 0 Å². The lowest BCUT2D eigenvalue weighted by Crippen LogP contribution is -2.24. The van der Waals surface area contributed by atoms with Crippen LogP contribution in [0.15, 0.2) is 18.2 Å². The topological polar surface area (TPSA) is 21.3 Å². The molecule has 118 valence electrons. The molecule has 1 aliphatic rings. The summed E-state index contributed by atoms with van der Waals surface area (Å²) in [6, 6.07) is 7.36. The average Bonchev–Trinajstić information content (AvgIpc) is 3.23. The predicted molar refractivity (Wildman–Crippen MR) is 90.1 cm³/mol. The van der Waals surface area contributed by atoms with Gasteiger partial charge in [-0.2, -0.15) is 0 Å². The van der Waals surface area contributed by atoms with Crippen LogP contribution in [0.5, 0.6) is 5.75 Å². The van der Waals surface area contributed by atoms with Crippen LogP contribution in [0.1, 0.15) is 57.6 Å². The summed E-state index contributed by atoms with van der Waals surface area (Å²) in [6.07, 6.45) is 6.32. The van der Waals surface area contributed by atoms with Crippen LogP contribution in [0.25, 0.3) is 0 Å². The summed E-state index contributed by atoms with van der Waals surface area (Å²) in [7, 11) is 0. The molecule has 1 saturated carbocycles. The third-order valence-corrected chi connectivity index (χ3v) is 4.40. The minimum absolute atomic E-state index is 0.384. The van der Waals surface area contributed by atoms with E-state index in [4.69, 9.17) is 4.74 Å². The molecule has 0 aliphatic heterocycles. The van der Waals surface area contributed by atoms with Crippen LogP contribution in [0, 0.1) is 12.3 Å². The van der Waals surface area contributed by atoms with Crippen LogP contribution in [0.4, 0.5) is 0 Å². The van der Waals surface area contributed by atoms with Crippen molar-refractivity contribution in [3.05, 3.63) is 29.3 Å². The molecule has 2 rings (SSSR count). The third-order valence-electron chi connectivity index (χ3n) is 4.40. The fourth-order valence-electron chi connectivity index (χ4n) is 2.70. The van der Waals surface area contributed by atoms with Crippen LogP contribution >= 0.6 is 0 Å². The van der Waals surface area contributed by atoms with Crippen LogP contribution in [0.3, 0.4) is 0 Å². The summed E-state index contributed by atoms with van der Waals surface area (Å²) in [5, 5.41) is 3.63. The van der Waals surface area contributed by atoms with E-state index in [9.17, 15) is 0 Å². The second kappa shape index (κ2) is 7.31. The van der Waals surface area contributed by atoms with Crippen molar-refractivity contribution < 1.29 is 4.74 Å². The molecule has 2 heteroatoms. The van der Waals surface area contributed by atoms with Gasteiger partial charge < -0.3 is 10.1 Å². The first kappa shape index (κ1) is 16.4. The first-order valence-electron chi connectivity index (χ1n) is 8.46. The molecule has 0 bridgehead atoms. The zero-order valence-electron chi connectivity index (χ0n) is 14.2. The van der Waals surface area contributed by atoms with Gasteiger partial charge in [0.25, 0.3) is 0 Å². The molecule has 0 heterocycles. The minimum atomic E-state index is 0.384. The number of hydrogen-bond donors (Lipinski definition) is 1. The molecular formula is C19H31NO. The van der Waals surface area contributed by atoms with E-state index in [0.717, 1.165) is 31.4 Å². The highest BCUT2D eigenvalue weighted by atomic mass is 16.5. The number of nitrogens with one attached hydrogen (secondary N) is 1. The summed E-state index contributed by atoms with van der Waals surface area (Å²) < 4.78 is 5.77. The van der Waals surface area contributed by atoms with E-state index in [1.807, 2.05) is 0 Å². The molecule has 0 aromatic heterocycles. The second-order valence-corrected chi connectivity index (χ2v) is 7.19. The smallest absolute Gasteiger partial charge is 0.122 e. The van der Waals surface area contributed by atoms with Crippen LogP contribution in [-0.2, 0) is 6.42 Å². The van der Waals surface area contributed by atoms with E-state index >= 15 is 0 Å². The van der Waals surface area contributed by atoms with Gasteiger partial charge in [-0.1, -0.05) is 31.5 Å². The predicted octanol–water partition coefficient (Wildman–Crippen LogP) is 4.49. The number of benzene rings is 1. The monoisotopic (exact) mass is 289 g/mol. The Bertz CT molecular complexity index is 449. The normalized spacial score (nSPS) is 15.2. The zero-order chi connectivity index (χ0) is 15.3. The summed E-state index contributed by atoms with van der Waals surface area (Å²) in [5.41, 5.74) is 3.07. The van der Waals surface area contributed by atoms with Gasteiger partial charge in [-0.3, -0.25) is 0 Å². The van der Waals surface area contributed by atoms with Crippen molar-refractivity contribution in [3.8, 4) is 5.75 Å². The Morgan fingerprint density at radius 3 is 2.67 bits per heavy atom. The van der Waals surface area contributed by atoms with Crippen LogP contribution in [0.2, 0.25) is 0 Å².